The summed E-state index contributed by atoms with van der Waals surface area (Å²) in [7, 11) is 0. The Morgan fingerprint density at radius 2 is 1.86 bits per heavy atom. The van der Waals surface area contributed by atoms with E-state index in [-0.39, 0.29) is 11.7 Å². The molecular weight excluding hydrogens is 268 g/mol. The van der Waals surface area contributed by atoms with E-state index >= 15 is 0 Å². The molecule has 0 aliphatic rings. The first-order valence-electron chi connectivity index (χ1n) is 7.53. The van der Waals surface area contributed by atoms with Crippen molar-refractivity contribution < 1.29 is 9.90 Å². The Labute approximate surface area is 126 Å². The van der Waals surface area contributed by atoms with Crippen molar-refractivity contribution in [2.75, 3.05) is 0 Å². The largest absolute Gasteiger partial charge is 0.481 e. The van der Waals surface area contributed by atoms with Crippen molar-refractivity contribution >= 4 is 5.97 Å². The zero-order valence-electron chi connectivity index (χ0n) is 13.8. The summed E-state index contributed by atoms with van der Waals surface area (Å²) in [5, 5.41) is 9.25. The van der Waals surface area contributed by atoms with Crippen molar-refractivity contribution in [1.29, 1.82) is 0 Å². The van der Waals surface area contributed by atoms with Gasteiger partial charge in [-0.15, -0.1) is 0 Å². The Balaban J connectivity index is 3.37. The zero-order chi connectivity index (χ0) is 16.3. The molecule has 0 aliphatic carbocycles. The first-order valence-corrected chi connectivity index (χ1v) is 7.53. The number of carboxylic acids is 1. The third kappa shape index (κ3) is 3.71. The van der Waals surface area contributed by atoms with Gasteiger partial charge in [-0.3, -0.25) is 9.36 Å². The van der Waals surface area contributed by atoms with Crippen LogP contribution in [-0.2, 0) is 4.79 Å². The van der Waals surface area contributed by atoms with Gasteiger partial charge in [0.1, 0.15) is 0 Å². The molecule has 5 heteroatoms. The lowest BCUT2D eigenvalue weighted by molar-refractivity contribution is -0.138. The molecule has 1 aromatic rings. The van der Waals surface area contributed by atoms with Crippen LogP contribution in [0.15, 0.2) is 4.79 Å². The number of nitrogens with zero attached hydrogens (tertiary/aromatic N) is 2. The van der Waals surface area contributed by atoms with E-state index in [0.29, 0.717) is 17.2 Å². The van der Waals surface area contributed by atoms with Gasteiger partial charge in [-0.2, -0.15) is 4.98 Å². The number of carbonyl (C=O) groups is 1. The summed E-state index contributed by atoms with van der Waals surface area (Å²) in [6.45, 7) is 11.4. The van der Waals surface area contributed by atoms with Gasteiger partial charge in [-0.1, -0.05) is 20.3 Å². The van der Waals surface area contributed by atoms with E-state index in [1.165, 1.54) is 0 Å². The second-order valence-electron chi connectivity index (χ2n) is 6.01. The van der Waals surface area contributed by atoms with Crippen molar-refractivity contribution in [3.05, 3.63) is 27.4 Å². The summed E-state index contributed by atoms with van der Waals surface area (Å²) >= 11 is 0. The maximum Gasteiger partial charge on any atom is 0.348 e. The molecule has 118 valence electrons. The average Bonchev–Trinajstić information content (AvgIpc) is 2.37. The molecule has 5 nitrogen and oxygen atoms in total. The number of aryl methyl sites for hydroxylation is 1. The van der Waals surface area contributed by atoms with E-state index in [4.69, 9.17) is 0 Å². The van der Waals surface area contributed by atoms with Crippen LogP contribution in [0.1, 0.15) is 69.4 Å². The Morgan fingerprint density at radius 1 is 1.29 bits per heavy atom. The van der Waals surface area contributed by atoms with Crippen LogP contribution in [0.3, 0.4) is 0 Å². The molecule has 0 bridgehead atoms. The molecule has 0 spiro atoms. The molecule has 0 saturated carbocycles. The third-order valence-corrected chi connectivity index (χ3v) is 4.29. The number of hydrogen-bond donors (Lipinski definition) is 1. The smallest absolute Gasteiger partial charge is 0.348 e. The second-order valence-corrected chi connectivity index (χ2v) is 6.01. The molecule has 1 aromatic heterocycles. The fourth-order valence-electron chi connectivity index (χ4n) is 2.92. The highest BCUT2D eigenvalue weighted by molar-refractivity contribution is 5.76. The van der Waals surface area contributed by atoms with Gasteiger partial charge in [0, 0.05) is 23.0 Å². The van der Waals surface area contributed by atoms with Gasteiger partial charge in [0.2, 0.25) is 0 Å². The molecule has 3 unspecified atom stereocenters. The fraction of sp³-hybridized carbons (Fsp3) is 0.688. The number of hydrogen-bond acceptors (Lipinski definition) is 3. The zero-order valence-corrected chi connectivity index (χ0v) is 13.8. The lowest BCUT2D eigenvalue weighted by Gasteiger charge is -2.24. The number of aromatic nitrogens is 2. The lowest BCUT2D eigenvalue weighted by Crippen LogP contribution is -2.32. The monoisotopic (exact) mass is 294 g/mol. The predicted molar refractivity (Wildman–Crippen MR) is 82.8 cm³/mol. The molecule has 1 heterocycles. The molecule has 0 fully saturated rings. The predicted octanol–water partition coefficient (Wildman–Crippen LogP) is 3.05. The molecule has 0 aromatic carbocycles. The molecule has 1 rings (SSSR count). The van der Waals surface area contributed by atoms with E-state index in [0.717, 1.165) is 18.5 Å². The molecule has 21 heavy (non-hydrogen) atoms. The summed E-state index contributed by atoms with van der Waals surface area (Å²) in [5.41, 5.74) is 1.60. The van der Waals surface area contributed by atoms with E-state index in [2.05, 4.69) is 18.8 Å². The molecule has 3 atom stereocenters. The van der Waals surface area contributed by atoms with E-state index in [9.17, 15) is 14.7 Å². The highest BCUT2D eigenvalue weighted by Crippen LogP contribution is 2.25. The topological polar surface area (TPSA) is 72.2 Å². The van der Waals surface area contributed by atoms with Gasteiger partial charge in [0.05, 0.1) is 5.92 Å². The van der Waals surface area contributed by atoms with Crippen LogP contribution in [0.2, 0.25) is 0 Å². The summed E-state index contributed by atoms with van der Waals surface area (Å²) in [6, 6.07) is 0.0142. The Hall–Kier alpha value is -1.65. The third-order valence-electron chi connectivity index (χ3n) is 4.29. The molecule has 1 N–H and O–H groups in total. The first kappa shape index (κ1) is 17.4. The van der Waals surface area contributed by atoms with Crippen LogP contribution in [0.4, 0.5) is 0 Å². The van der Waals surface area contributed by atoms with Gasteiger partial charge >= 0.3 is 11.7 Å². The molecule has 0 saturated heterocycles. The van der Waals surface area contributed by atoms with Gasteiger partial charge < -0.3 is 5.11 Å². The minimum atomic E-state index is -0.900. The molecule has 0 amide bonds. The van der Waals surface area contributed by atoms with Gasteiger partial charge in [-0.25, -0.2) is 4.79 Å². The Morgan fingerprint density at radius 3 is 2.33 bits per heavy atom. The van der Waals surface area contributed by atoms with Crippen molar-refractivity contribution in [3.8, 4) is 0 Å². The Bertz CT molecular complexity index is 578. The minimum absolute atomic E-state index is 0.0142. The van der Waals surface area contributed by atoms with Crippen LogP contribution in [0.25, 0.3) is 0 Å². The standard InChI is InChI=1S/C16H26N2O3/c1-7-9(2)8-10(3)18-13(6)14(11(4)15(19)20)12(5)17-16(18)21/h9-11H,7-8H2,1-6H3,(H,19,20). The summed E-state index contributed by atoms with van der Waals surface area (Å²) < 4.78 is 1.65. The number of carboxylic acid groups (broad SMARTS) is 1. The van der Waals surface area contributed by atoms with E-state index < -0.39 is 11.9 Å². The van der Waals surface area contributed by atoms with Crippen molar-refractivity contribution in [2.45, 2.75) is 66.3 Å². The Kier molecular flexibility index (Phi) is 5.70. The van der Waals surface area contributed by atoms with E-state index in [1.54, 1.807) is 18.4 Å². The van der Waals surface area contributed by atoms with Crippen LogP contribution < -0.4 is 5.69 Å². The molecule has 0 aliphatic heterocycles. The van der Waals surface area contributed by atoms with Crippen LogP contribution in [-0.4, -0.2) is 20.6 Å². The fourth-order valence-corrected chi connectivity index (χ4v) is 2.92. The second kappa shape index (κ2) is 6.87. The van der Waals surface area contributed by atoms with Gasteiger partial charge in [0.25, 0.3) is 0 Å². The minimum Gasteiger partial charge on any atom is -0.481 e. The molecule has 0 radical (unpaired) electrons. The first-order chi connectivity index (χ1) is 9.70. The quantitative estimate of drug-likeness (QED) is 0.875. The summed E-state index contributed by atoms with van der Waals surface area (Å²) in [5.74, 6) is -1.06. The van der Waals surface area contributed by atoms with Crippen molar-refractivity contribution in [2.24, 2.45) is 5.92 Å². The highest BCUT2D eigenvalue weighted by atomic mass is 16.4. The maximum absolute atomic E-state index is 12.2. The highest BCUT2D eigenvalue weighted by Gasteiger charge is 2.24. The van der Waals surface area contributed by atoms with E-state index in [1.807, 2.05) is 13.8 Å². The van der Waals surface area contributed by atoms with Crippen molar-refractivity contribution in [3.63, 3.8) is 0 Å². The van der Waals surface area contributed by atoms with Crippen molar-refractivity contribution in [1.82, 2.24) is 9.55 Å². The maximum atomic E-state index is 12.2. The van der Waals surface area contributed by atoms with Crippen LogP contribution in [0, 0.1) is 19.8 Å². The lowest BCUT2D eigenvalue weighted by atomic mass is 9.96. The normalized spacial score (nSPS) is 15.5. The SMILES string of the molecule is CCC(C)CC(C)n1c(C)c(C(C)C(=O)O)c(C)nc1=O. The van der Waals surface area contributed by atoms with Crippen LogP contribution >= 0.6 is 0 Å². The molecular formula is C16H26N2O3. The summed E-state index contributed by atoms with van der Waals surface area (Å²) in [6.07, 6.45) is 1.93. The summed E-state index contributed by atoms with van der Waals surface area (Å²) in [4.78, 5) is 27.5. The number of aliphatic carboxylic acids is 1. The number of rotatable bonds is 6. The van der Waals surface area contributed by atoms with Gasteiger partial charge in [0.15, 0.2) is 0 Å². The average molecular weight is 294 g/mol. The van der Waals surface area contributed by atoms with Crippen LogP contribution in [0.5, 0.6) is 0 Å². The van der Waals surface area contributed by atoms with Gasteiger partial charge in [-0.05, 0) is 40.0 Å².